The van der Waals surface area contributed by atoms with E-state index >= 15 is 0 Å². The molecule has 0 spiro atoms. The maximum atomic E-state index is 14.6. The van der Waals surface area contributed by atoms with E-state index in [0.29, 0.717) is 18.2 Å². The third kappa shape index (κ3) is 5.50. The van der Waals surface area contributed by atoms with Crippen LogP contribution in [0.1, 0.15) is 64.4 Å². The van der Waals surface area contributed by atoms with Crippen LogP contribution >= 0.6 is 0 Å². The third-order valence-electron chi connectivity index (χ3n) is 5.77. The summed E-state index contributed by atoms with van der Waals surface area (Å²) in [6.07, 6.45) is 9.93. The number of ether oxygens (including phenoxy) is 1. The fraction of sp³-hybridized carbons (Fsp3) is 0.565. The van der Waals surface area contributed by atoms with E-state index in [-0.39, 0.29) is 5.82 Å². The zero-order valence-electron chi connectivity index (χ0n) is 16.6. The average molecular weight is 371 g/mol. The Hall–Kier alpha value is -1.97. The second-order valence-electron chi connectivity index (χ2n) is 7.71. The molecule has 0 bridgehead atoms. The number of hydrogen-bond donors (Lipinski definition) is 0. The van der Waals surface area contributed by atoms with Gasteiger partial charge < -0.3 is 4.74 Å². The molecular weight excluding hydrogens is 339 g/mol. The number of rotatable bonds is 8. The van der Waals surface area contributed by atoms with E-state index in [1.54, 1.807) is 12.1 Å². The highest BCUT2D eigenvalue weighted by atomic mass is 19.1. The van der Waals surface area contributed by atoms with Crippen molar-refractivity contribution in [1.82, 2.24) is 10.2 Å². The van der Waals surface area contributed by atoms with Gasteiger partial charge in [0.2, 0.25) is 5.88 Å². The van der Waals surface area contributed by atoms with Crippen LogP contribution in [0, 0.1) is 17.7 Å². The molecule has 0 unspecified atom stereocenters. The summed E-state index contributed by atoms with van der Waals surface area (Å²) in [6, 6.07) is 9.03. The van der Waals surface area contributed by atoms with Gasteiger partial charge >= 0.3 is 0 Å². The molecule has 1 heterocycles. The highest BCUT2D eigenvalue weighted by molar-refractivity contribution is 5.59. The summed E-state index contributed by atoms with van der Waals surface area (Å²) in [4.78, 5) is 0. The molecule has 1 saturated carbocycles. The van der Waals surface area contributed by atoms with Crippen molar-refractivity contribution in [2.45, 2.75) is 65.2 Å². The van der Waals surface area contributed by atoms with E-state index in [4.69, 9.17) is 4.74 Å². The van der Waals surface area contributed by atoms with Gasteiger partial charge in [-0.05, 0) is 49.3 Å². The highest BCUT2D eigenvalue weighted by Gasteiger charge is 2.20. The van der Waals surface area contributed by atoms with E-state index in [0.717, 1.165) is 35.8 Å². The first-order valence-electron chi connectivity index (χ1n) is 10.4. The number of aromatic nitrogens is 2. The number of hydrogen-bond acceptors (Lipinski definition) is 3. The first-order chi connectivity index (χ1) is 13.2. The maximum Gasteiger partial charge on any atom is 0.233 e. The van der Waals surface area contributed by atoms with E-state index in [1.807, 2.05) is 25.1 Å². The van der Waals surface area contributed by atoms with Gasteiger partial charge in [-0.15, -0.1) is 10.2 Å². The summed E-state index contributed by atoms with van der Waals surface area (Å²) < 4.78 is 19.9. The van der Waals surface area contributed by atoms with Crippen molar-refractivity contribution in [3.8, 4) is 17.1 Å². The lowest BCUT2D eigenvalue weighted by Crippen LogP contribution is -2.15. The Balaban J connectivity index is 1.55. The van der Waals surface area contributed by atoms with Gasteiger partial charge in [-0.25, -0.2) is 4.39 Å². The van der Waals surface area contributed by atoms with Crippen LogP contribution in [0.3, 0.4) is 0 Å². The van der Waals surface area contributed by atoms with Gasteiger partial charge in [0.15, 0.2) is 0 Å². The van der Waals surface area contributed by atoms with Crippen LogP contribution in [0.25, 0.3) is 11.3 Å². The van der Waals surface area contributed by atoms with Gasteiger partial charge in [-0.3, -0.25) is 0 Å². The summed E-state index contributed by atoms with van der Waals surface area (Å²) in [5.74, 6) is 2.04. The molecule has 3 nitrogen and oxygen atoms in total. The molecular formula is C23H31FN2O. The minimum Gasteiger partial charge on any atom is -0.477 e. The lowest BCUT2D eigenvalue weighted by atomic mass is 9.78. The second kappa shape index (κ2) is 9.82. The molecule has 2 aromatic rings. The van der Waals surface area contributed by atoms with Crippen molar-refractivity contribution in [2.24, 2.45) is 11.8 Å². The monoisotopic (exact) mass is 370 g/mol. The normalized spacial score (nSPS) is 19.8. The largest absolute Gasteiger partial charge is 0.477 e. The van der Waals surface area contributed by atoms with Crippen molar-refractivity contribution in [3.63, 3.8) is 0 Å². The van der Waals surface area contributed by atoms with Crippen molar-refractivity contribution in [3.05, 3.63) is 41.7 Å². The summed E-state index contributed by atoms with van der Waals surface area (Å²) in [5, 5.41) is 8.16. The maximum absolute atomic E-state index is 14.6. The predicted octanol–water partition coefficient (Wildman–Crippen LogP) is 6.22. The molecule has 1 aliphatic carbocycles. The molecule has 0 aliphatic heterocycles. The van der Waals surface area contributed by atoms with Gasteiger partial charge in [0, 0.05) is 11.6 Å². The molecule has 0 atom stereocenters. The summed E-state index contributed by atoms with van der Waals surface area (Å²) in [6.45, 7) is 4.73. The van der Waals surface area contributed by atoms with Gasteiger partial charge in [-0.1, -0.05) is 57.6 Å². The van der Waals surface area contributed by atoms with E-state index in [9.17, 15) is 4.39 Å². The van der Waals surface area contributed by atoms with Crippen molar-refractivity contribution >= 4 is 0 Å². The molecule has 4 heteroatoms. The fourth-order valence-corrected chi connectivity index (χ4v) is 4.18. The molecule has 146 valence electrons. The Bertz CT molecular complexity index is 709. The minimum absolute atomic E-state index is 0.136. The zero-order valence-corrected chi connectivity index (χ0v) is 16.6. The fourth-order valence-electron chi connectivity index (χ4n) is 4.18. The van der Waals surface area contributed by atoms with E-state index in [2.05, 4.69) is 17.1 Å². The van der Waals surface area contributed by atoms with E-state index < -0.39 is 0 Å². The standard InChI is InChI=1S/C23H31FN2O/c1-3-5-17-6-8-18(9-7-17)10-11-19-12-13-20(16-21(19)24)22-14-15-23(26-25-22)27-4-2/h12-18H,3-11H2,1-2H3/t17-,18-. The number of benzene rings is 1. The first-order valence-corrected chi connectivity index (χ1v) is 10.4. The van der Waals surface area contributed by atoms with Crippen LogP contribution in [0.4, 0.5) is 4.39 Å². The van der Waals surface area contributed by atoms with Gasteiger partial charge in [0.1, 0.15) is 5.82 Å². The SMILES string of the molecule is CCC[C@H]1CC[C@H](CCc2ccc(-c3ccc(OCC)nn3)cc2F)CC1. The number of aryl methyl sites for hydroxylation is 1. The predicted molar refractivity (Wildman–Crippen MR) is 107 cm³/mol. The average Bonchev–Trinajstić information content (AvgIpc) is 2.69. The zero-order chi connectivity index (χ0) is 19.1. The molecule has 0 saturated heterocycles. The van der Waals surface area contributed by atoms with Crippen LogP contribution in [0.5, 0.6) is 5.88 Å². The van der Waals surface area contributed by atoms with Crippen LogP contribution < -0.4 is 4.74 Å². The smallest absolute Gasteiger partial charge is 0.233 e. The number of nitrogens with zero attached hydrogens (tertiary/aromatic N) is 2. The van der Waals surface area contributed by atoms with Gasteiger partial charge in [0.25, 0.3) is 0 Å². The van der Waals surface area contributed by atoms with Crippen LogP contribution in [-0.4, -0.2) is 16.8 Å². The van der Waals surface area contributed by atoms with Gasteiger partial charge in [-0.2, -0.15) is 0 Å². The molecule has 1 aromatic heterocycles. The summed E-state index contributed by atoms with van der Waals surface area (Å²) >= 11 is 0. The lowest BCUT2D eigenvalue weighted by Gasteiger charge is -2.28. The van der Waals surface area contributed by atoms with Crippen molar-refractivity contribution in [1.29, 1.82) is 0 Å². The molecule has 0 radical (unpaired) electrons. The third-order valence-corrected chi connectivity index (χ3v) is 5.77. The Morgan fingerprint density at radius 2 is 1.70 bits per heavy atom. The molecule has 27 heavy (non-hydrogen) atoms. The van der Waals surface area contributed by atoms with Crippen molar-refractivity contribution in [2.75, 3.05) is 6.61 Å². The summed E-state index contributed by atoms with van der Waals surface area (Å²) in [7, 11) is 0. The summed E-state index contributed by atoms with van der Waals surface area (Å²) in [5.41, 5.74) is 2.23. The Morgan fingerprint density at radius 1 is 0.963 bits per heavy atom. The number of halogens is 1. The first kappa shape index (κ1) is 19.8. The molecule has 0 N–H and O–H groups in total. The molecule has 1 aliphatic rings. The van der Waals surface area contributed by atoms with Crippen LogP contribution in [-0.2, 0) is 6.42 Å². The Morgan fingerprint density at radius 3 is 2.30 bits per heavy atom. The van der Waals surface area contributed by atoms with Crippen LogP contribution in [0.2, 0.25) is 0 Å². The quantitative estimate of drug-likeness (QED) is 0.553. The molecule has 0 amide bonds. The highest BCUT2D eigenvalue weighted by Crippen LogP contribution is 2.34. The topological polar surface area (TPSA) is 35.0 Å². The molecule has 3 rings (SSSR count). The second-order valence-corrected chi connectivity index (χ2v) is 7.71. The molecule has 1 fully saturated rings. The van der Waals surface area contributed by atoms with Crippen molar-refractivity contribution < 1.29 is 9.13 Å². The molecule has 1 aromatic carbocycles. The van der Waals surface area contributed by atoms with E-state index in [1.165, 1.54) is 38.5 Å². The Kier molecular flexibility index (Phi) is 7.19. The van der Waals surface area contributed by atoms with Gasteiger partial charge in [0.05, 0.1) is 12.3 Å². The Labute approximate surface area is 162 Å². The lowest BCUT2D eigenvalue weighted by molar-refractivity contribution is 0.252. The minimum atomic E-state index is -0.136. The van der Waals surface area contributed by atoms with Crippen LogP contribution in [0.15, 0.2) is 30.3 Å².